The quantitative estimate of drug-likeness (QED) is 0.817. The van der Waals surface area contributed by atoms with Gasteiger partial charge in [0.1, 0.15) is 4.99 Å². The van der Waals surface area contributed by atoms with Gasteiger partial charge in [0, 0.05) is 6.54 Å². The zero-order valence-electron chi connectivity index (χ0n) is 13.3. The first kappa shape index (κ1) is 16.1. The maximum Gasteiger partial charge on any atom is 0.159 e. The van der Waals surface area contributed by atoms with Crippen molar-refractivity contribution in [3.8, 4) is 0 Å². The van der Waals surface area contributed by atoms with Crippen LogP contribution in [0.15, 0.2) is 0 Å². The monoisotopic (exact) mass is 306 g/mol. The summed E-state index contributed by atoms with van der Waals surface area (Å²) in [5, 5.41) is 11.8. The van der Waals surface area contributed by atoms with Crippen LogP contribution in [0.3, 0.4) is 0 Å². The average molecular weight is 306 g/mol. The molecule has 2 rings (SSSR count). The van der Waals surface area contributed by atoms with Crippen LogP contribution in [-0.4, -0.2) is 21.7 Å². The molecule has 1 aromatic heterocycles. The van der Waals surface area contributed by atoms with Gasteiger partial charge in [0.05, 0.1) is 11.3 Å². The molecule has 0 amide bonds. The van der Waals surface area contributed by atoms with Crippen molar-refractivity contribution < 1.29 is 0 Å². The maximum atomic E-state index is 5.84. The van der Waals surface area contributed by atoms with E-state index in [0.29, 0.717) is 4.99 Å². The highest BCUT2D eigenvalue weighted by molar-refractivity contribution is 7.80. The van der Waals surface area contributed by atoms with Crippen LogP contribution in [0.1, 0.15) is 55.8 Å². The van der Waals surface area contributed by atoms with Gasteiger partial charge in [-0.3, -0.25) is 0 Å². The lowest BCUT2D eigenvalue weighted by molar-refractivity contribution is 0.282. The summed E-state index contributed by atoms with van der Waals surface area (Å²) < 4.78 is 0. The Labute approximate surface area is 132 Å². The first-order valence-electron chi connectivity index (χ1n) is 7.86. The standard InChI is InChI=1S/C16H26N4S/c1-10-4-6-13(7-5-10)8-9-18-16-14(15(17)21)11(2)12(3)19-20-16/h10,13H,4-9H2,1-3H3,(H2,17,21)(H,18,20). The van der Waals surface area contributed by atoms with Crippen LogP contribution in [0.4, 0.5) is 5.82 Å². The summed E-state index contributed by atoms with van der Waals surface area (Å²) in [5.41, 5.74) is 8.58. The second kappa shape index (κ2) is 7.16. The Bertz CT molecular complexity index is 507. The number of rotatable bonds is 5. The summed E-state index contributed by atoms with van der Waals surface area (Å²) in [4.78, 5) is 0.388. The molecule has 1 heterocycles. The molecule has 5 heteroatoms. The second-order valence-corrected chi connectivity index (χ2v) is 6.78. The number of thiocarbonyl (C=S) groups is 1. The zero-order valence-corrected chi connectivity index (χ0v) is 14.1. The molecule has 0 spiro atoms. The molecule has 4 nitrogen and oxygen atoms in total. The highest BCUT2D eigenvalue weighted by Gasteiger charge is 2.18. The number of anilines is 1. The Balaban J connectivity index is 1.94. The summed E-state index contributed by atoms with van der Waals surface area (Å²) in [6.07, 6.45) is 6.61. The summed E-state index contributed by atoms with van der Waals surface area (Å²) in [6, 6.07) is 0. The lowest BCUT2D eigenvalue weighted by Gasteiger charge is -2.26. The molecule has 0 unspecified atom stereocenters. The van der Waals surface area contributed by atoms with Crippen molar-refractivity contribution in [2.24, 2.45) is 17.6 Å². The van der Waals surface area contributed by atoms with E-state index in [1.165, 1.54) is 32.1 Å². The predicted octanol–water partition coefficient (Wildman–Crippen LogP) is 3.36. The Morgan fingerprint density at radius 2 is 1.90 bits per heavy atom. The summed E-state index contributed by atoms with van der Waals surface area (Å²) in [6.45, 7) is 7.18. The molecule has 0 bridgehead atoms. The van der Waals surface area contributed by atoms with E-state index in [-0.39, 0.29) is 0 Å². The number of nitrogens with zero attached hydrogens (tertiary/aromatic N) is 2. The van der Waals surface area contributed by atoms with Crippen LogP contribution in [0.25, 0.3) is 0 Å². The molecule has 1 aliphatic carbocycles. The number of hydrogen-bond acceptors (Lipinski definition) is 4. The average Bonchev–Trinajstić information content (AvgIpc) is 2.44. The minimum absolute atomic E-state index is 0.388. The first-order chi connectivity index (χ1) is 9.99. The van der Waals surface area contributed by atoms with Crippen molar-refractivity contribution in [1.29, 1.82) is 0 Å². The Morgan fingerprint density at radius 1 is 1.24 bits per heavy atom. The largest absolute Gasteiger partial charge is 0.389 e. The number of nitrogens with two attached hydrogens (primary N) is 1. The van der Waals surface area contributed by atoms with E-state index >= 15 is 0 Å². The smallest absolute Gasteiger partial charge is 0.159 e. The minimum Gasteiger partial charge on any atom is -0.389 e. The molecule has 1 aliphatic rings. The van der Waals surface area contributed by atoms with Crippen molar-refractivity contribution in [1.82, 2.24) is 10.2 Å². The molecule has 0 atom stereocenters. The minimum atomic E-state index is 0.388. The first-order valence-corrected chi connectivity index (χ1v) is 8.27. The molecule has 0 aliphatic heterocycles. The highest BCUT2D eigenvalue weighted by atomic mass is 32.1. The molecule has 21 heavy (non-hydrogen) atoms. The third kappa shape index (κ3) is 4.13. The fraction of sp³-hybridized carbons (Fsp3) is 0.688. The molecule has 0 saturated heterocycles. The third-order valence-corrected chi connectivity index (χ3v) is 4.89. The lowest BCUT2D eigenvalue weighted by atomic mass is 9.81. The van der Waals surface area contributed by atoms with Crippen molar-refractivity contribution in [3.05, 3.63) is 16.8 Å². The Hall–Kier alpha value is -1.23. The molecule has 3 N–H and O–H groups in total. The third-order valence-electron chi connectivity index (χ3n) is 4.68. The van der Waals surface area contributed by atoms with E-state index in [1.807, 2.05) is 13.8 Å². The number of aromatic nitrogens is 2. The van der Waals surface area contributed by atoms with E-state index in [1.54, 1.807) is 0 Å². The molecule has 1 fully saturated rings. The van der Waals surface area contributed by atoms with Gasteiger partial charge in [-0.25, -0.2) is 0 Å². The maximum absolute atomic E-state index is 5.84. The van der Waals surface area contributed by atoms with E-state index in [4.69, 9.17) is 18.0 Å². The van der Waals surface area contributed by atoms with Gasteiger partial charge < -0.3 is 11.1 Å². The fourth-order valence-corrected chi connectivity index (χ4v) is 3.30. The van der Waals surface area contributed by atoms with Crippen LogP contribution < -0.4 is 11.1 Å². The van der Waals surface area contributed by atoms with Crippen LogP contribution in [0, 0.1) is 25.7 Å². The van der Waals surface area contributed by atoms with E-state index < -0.39 is 0 Å². The molecule has 1 saturated carbocycles. The molecule has 0 radical (unpaired) electrons. The number of hydrogen-bond donors (Lipinski definition) is 2. The Morgan fingerprint density at radius 3 is 2.52 bits per heavy atom. The molecular formula is C16H26N4S. The van der Waals surface area contributed by atoms with Gasteiger partial charge in [-0.1, -0.05) is 44.8 Å². The SMILES string of the molecule is Cc1nnc(NCCC2CCC(C)CC2)c(C(N)=S)c1C. The van der Waals surface area contributed by atoms with Crippen molar-refractivity contribution in [3.63, 3.8) is 0 Å². The molecular weight excluding hydrogens is 280 g/mol. The zero-order chi connectivity index (χ0) is 15.4. The topological polar surface area (TPSA) is 63.8 Å². The highest BCUT2D eigenvalue weighted by Crippen LogP contribution is 2.30. The number of nitrogens with one attached hydrogen (secondary N) is 1. The predicted molar refractivity (Wildman–Crippen MR) is 91.6 cm³/mol. The van der Waals surface area contributed by atoms with Gasteiger partial charge in [-0.15, -0.1) is 5.10 Å². The summed E-state index contributed by atoms with van der Waals surface area (Å²) in [7, 11) is 0. The van der Waals surface area contributed by atoms with E-state index in [0.717, 1.165) is 41.0 Å². The summed E-state index contributed by atoms with van der Waals surface area (Å²) in [5.74, 6) is 2.47. The van der Waals surface area contributed by atoms with Gasteiger partial charge in [0.15, 0.2) is 5.82 Å². The van der Waals surface area contributed by atoms with Crippen molar-refractivity contribution in [2.45, 2.75) is 52.9 Å². The van der Waals surface area contributed by atoms with Crippen molar-refractivity contribution in [2.75, 3.05) is 11.9 Å². The van der Waals surface area contributed by atoms with Crippen LogP contribution in [0.5, 0.6) is 0 Å². The molecule has 1 aromatic rings. The van der Waals surface area contributed by atoms with Gasteiger partial charge in [-0.05, 0) is 37.7 Å². The summed E-state index contributed by atoms with van der Waals surface area (Å²) >= 11 is 5.16. The molecule has 0 aromatic carbocycles. The van der Waals surface area contributed by atoms with Gasteiger partial charge in [0.2, 0.25) is 0 Å². The van der Waals surface area contributed by atoms with E-state index in [2.05, 4.69) is 22.4 Å². The fourth-order valence-electron chi connectivity index (χ4n) is 3.05. The second-order valence-electron chi connectivity index (χ2n) is 6.34. The van der Waals surface area contributed by atoms with E-state index in [9.17, 15) is 0 Å². The van der Waals surface area contributed by atoms with Crippen LogP contribution >= 0.6 is 12.2 Å². The van der Waals surface area contributed by atoms with Gasteiger partial charge in [-0.2, -0.15) is 5.10 Å². The van der Waals surface area contributed by atoms with Gasteiger partial charge >= 0.3 is 0 Å². The van der Waals surface area contributed by atoms with Gasteiger partial charge in [0.25, 0.3) is 0 Å². The number of aryl methyl sites for hydroxylation is 1. The van der Waals surface area contributed by atoms with Crippen LogP contribution in [-0.2, 0) is 0 Å². The molecule has 116 valence electrons. The Kier molecular flexibility index (Phi) is 5.51. The van der Waals surface area contributed by atoms with Crippen molar-refractivity contribution >= 4 is 23.0 Å². The van der Waals surface area contributed by atoms with Crippen LogP contribution in [0.2, 0.25) is 0 Å². The lowest BCUT2D eigenvalue weighted by Crippen LogP contribution is -2.20. The normalized spacial score (nSPS) is 22.0.